The molecule has 0 spiro atoms. The zero-order valence-electron chi connectivity index (χ0n) is 9.32. The molecule has 0 unspecified atom stereocenters. The molecule has 13 heavy (non-hydrogen) atoms. The summed E-state index contributed by atoms with van der Waals surface area (Å²) in [6, 6.07) is 0. The molecule has 0 N–H and O–H groups in total. The summed E-state index contributed by atoms with van der Waals surface area (Å²) in [6.45, 7) is 4.42. The van der Waals surface area contributed by atoms with Crippen LogP contribution in [0, 0.1) is 6.42 Å². The number of halogens is 1. The second-order valence-electron chi connectivity index (χ2n) is 3.32. The average molecular weight is 301 g/mol. The summed E-state index contributed by atoms with van der Waals surface area (Å²) in [4.78, 5) is 0. The molecule has 0 aliphatic heterocycles. The Labute approximate surface area is 101 Å². The molecule has 0 aromatic carbocycles. The van der Waals surface area contributed by atoms with Crippen molar-refractivity contribution < 1.29 is 16.3 Å². The molecule has 0 aromatic heterocycles. The van der Waals surface area contributed by atoms with Crippen LogP contribution in [0.15, 0.2) is 0 Å². The molecule has 0 aromatic rings. The second-order valence-corrected chi connectivity index (χ2v) is 3.32. The Balaban J connectivity index is 0. The Kier molecular flexibility index (Phi) is 23.9. The van der Waals surface area contributed by atoms with Crippen molar-refractivity contribution in [2.45, 2.75) is 65.2 Å². The van der Waals surface area contributed by atoms with E-state index < -0.39 is 0 Å². The van der Waals surface area contributed by atoms with Crippen LogP contribution in [0.1, 0.15) is 65.2 Å². The Bertz CT molecular complexity index is 59.1. The van der Waals surface area contributed by atoms with Crippen LogP contribution in [0.4, 0.5) is 0 Å². The number of unbranched alkanes of at least 4 members (excludes halogenated alkanes) is 8. The van der Waals surface area contributed by atoms with Gasteiger partial charge in [0.1, 0.15) is 0 Å². The molecule has 0 radical (unpaired) electrons. The number of rotatable bonds is 8. The topological polar surface area (TPSA) is 0 Å². The molecule has 0 bridgehead atoms. The van der Waals surface area contributed by atoms with Crippen molar-refractivity contribution in [1.82, 2.24) is 0 Å². The number of hydrogen-bond acceptors (Lipinski definition) is 0. The Morgan fingerprint density at radius 2 is 1.38 bits per heavy atom. The van der Waals surface area contributed by atoms with Gasteiger partial charge >= 0.3 is 30.0 Å². The van der Waals surface area contributed by atoms with Crippen LogP contribution in [0.2, 0.25) is 0 Å². The fraction of sp³-hybridized carbons (Fsp3) is 0.909. The minimum absolute atomic E-state index is 1.19. The van der Waals surface area contributed by atoms with Crippen LogP contribution in [0.25, 0.3) is 0 Å². The summed E-state index contributed by atoms with van der Waals surface area (Å²) in [5.74, 6) is 0. The zero-order valence-corrected chi connectivity index (χ0v) is 13.9. The first kappa shape index (κ1) is 16.5. The predicted molar refractivity (Wildman–Crippen MR) is 61.5 cm³/mol. The normalized spacial score (nSPS) is 9.31. The van der Waals surface area contributed by atoms with Crippen LogP contribution in [0.5, 0.6) is 0 Å². The van der Waals surface area contributed by atoms with E-state index in [4.69, 9.17) is 0 Å². The molecule has 76 valence electrons. The Morgan fingerprint density at radius 3 is 1.85 bits per heavy atom. The predicted octanol–water partition coefficient (Wildman–Crippen LogP) is 5.19. The van der Waals surface area contributed by atoms with Crippen molar-refractivity contribution in [3.63, 3.8) is 0 Å². The summed E-state index contributed by atoms with van der Waals surface area (Å²) >= 11 is 4.25. The molecule has 0 saturated carbocycles. The molecule has 0 fully saturated rings. The summed E-state index contributed by atoms with van der Waals surface area (Å²) in [5.41, 5.74) is 0. The number of hydrogen-bond donors (Lipinski definition) is 0. The third-order valence-corrected chi connectivity index (χ3v) is 2.10. The molecule has 0 saturated heterocycles. The van der Waals surface area contributed by atoms with Gasteiger partial charge in [-0.05, 0) is 0 Å². The average Bonchev–Trinajstić information content (AvgIpc) is 2.20. The fourth-order valence-corrected chi connectivity index (χ4v) is 1.31. The maximum atomic E-state index is 3.06. The first-order valence-electron chi connectivity index (χ1n) is 5.46. The third-order valence-electron chi connectivity index (χ3n) is 2.10. The van der Waals surface area contributed by atoms with Gasteiger partial charge in [-0.15, -0.1) is 0 Å². The van der Waals surface area contributed by atoms with Gasteiger partial charge in [0.15, 0.2) is 0 Å². The van der Waals surface area contributed by atoms with E-state index in [9.17, 15) is 0 Å². The van der Waals surface area contributed by atoms with Crippen LogP contribution in [0.3, 0.4) is 0 Å². The van der Waals surface area contributed by atoms with E-state index in [-0.39, 0.29) is 0 Å². The molecule has 0 atom stereocenters. The molecular formula is C11H23BrZn. The standard InChI is InChI=1S/C11H23.BrH.Zn/c1-3-5-7-9-11-10-8-6-4-2;;/h3H,4-11H2,1-2H3;1H;/q-1;;+2/p-1. The van der Waals surface area contributed by atoms with Gasteiger partial charge in [-0.1, -0.05) is 51.9 Å². The molecule has 0 rings (SSSR count). The van der Waals surface area contributed by atoms with Crippen LogP contribution in [-0.4, -0.2) is 0 Å². The van der Waals surface area contributed by atoms with Crippen molar-refractivity contribution >= 4 is 13.6 Å². The van der Waals surface area contributed by atoms with Gasteiger partial charge in [0.05, 0.1) is 0 Å². The molecule has 0 heterocycles. The minimum atomic E-state index is 1.19. The summed E-state index contributed by atoms with van der Waals surface area (Å²) in [7, 11) is 0. The van der Waals surface area contributed by atoms with Crippen molar-refractivity contribution in [2.24, 2.45) is 0 Å². The van der Waals surface area contributed by atoms with E-state index in [1.807, 2.05) is 0 Å². The van der Waals surface area contributed by atoms with Gasteiger partial charge < -0.3 is 6.42 Å². The van der Waals surface area contributed by atoms with Gasteiger partial charge in [0, 0.05) is 0 Å². The molecule has 2 heteroatoms. The first-order chi connectivity index (χ1) is 6.41. The molecule has 0 nitrogen and oxygen atoms in total. The van der Waals surface area contributed by atoms with E-state index in [1.54, 1.807) is 0 Å². The van der Waals surface area contributed by atoms with Crippen molar-refractivity contribution in [3.8, 4) is 0 Å². The van der Waals surface area contributed by atoms with Crippen LogP contribution in [-0.2, 0) is 16.3 Å². The van der Waals surface area contributed by atoms with Crippen LogP contribution < -0.4 is 0 Å². The van der Waals surface area contributed by atoms with Gasteiger partial charge in [-0.25, -0.2) is 0 Å². The maximum absolute atomic E-state index is 3.06. The Morgan fingerprint density at radius 1 is 0.923 bits per heavy atom. The molecule has 0 aliphatic rings. The van der Waals surface area contributed by atoms with Crippen LogP contribution >= 0.6 is 13.6 Å². The molecule has 0 amide bonds. The van der Waals surface area contributed by atoms with E-state index >= 15 is 0 Å². The van der Waals surface area contributed by atoms with E-state index in [0.717, 1.165) is 0 Å². The van der Waals surface area contributed by atoms with Crippen molar-refractivity contribution in [3.05, 3.63) is 6.42 Å². The first-order valence-corrected chi connectivity index (χ1v) is 12.4. The third kappa shape index (κ3) is 19.5. The molecular weight excluding hydrogens is 277 g/mol. The van der Waals surface area contributed by atoms with Gasteiger partial charge in [-0.3, -0.25) is 0 Å². The fourth-order valence-electron chi connectivity index (χ4n) is 1.31. The van der Waals surface area contributed by atoms with Crippen molar-refractivity contribution in [1.29, 1.82) is 0 Å². The quantitative estimate of drug-likeness (QED) is 0.328. The second kappa shape index (κ2) is 18.8. The SMILES string of the molecule is C[CH-]CCCCCCCCC.[Zn+][Br]. The summed E-state index contributed by atoms with van der Waals surface area (Å²) in [6.07, 6.45) is 13.6. The monoisotopic (exact) mass is 298 g/mol. The van der Waals surface area contributed by atoms with E-state index in [2.05, 4.69) is 33.9 Å². The summed E-state index contributed by atoms with van der Waals surface area (Å²) in [5, 5.41) is 0. The van der Waals surface area contributed by atoms with Gasteiger partial charge in [0.2, 0.25) is 0 Å². The Hall–Kier alpha value is 1.10. The van der Waals surface area contributed by atoms with Gasteiger partial charge in [-0.2, -0.15) is 13.3 Å². The zero-order chi connectivity index (χ0) is 10.4. The van der Waals surface area contributed by atoms with E-state index in [1.165, 1.54) is 67.7 Å². The van der Waals surface area contributed by atoms with E-state index in [0.29, 0.717) is 0 Å². The van der Waals surface area contributed by atoms with Crippen molar-refractivity contribution in [2.75, 3.05) is 0 Å². The summed E-state index contributed by atoms with van der Waals surface area (Å²) < 4.78 is 0. The van der Waals surface area contributed by atoms with Gasteiger partial charge in [0.25, 0.3) is 0 Å². The molecule has 0 aliphatic carbocycles.